The maximum atomic E-state index is 12.7. The van der Waals surface area contributed by atoms with Gasteiger partial charge in [-0.1, -0.05) is 62.9 Å². The number of amides is 2. The van der Waals surface area contributed by atoms with E-state index in [0.29, 0.717) is 12.8 Å². The lowest BCUT2D eigenvalue weighted by Gasteiger charge is -2.22. The van der Waals surface area contributed by atoms with Gasteiger partial charge in [-0.15, -0.1) is 0 Å². The van der Waals surface area contributed by atoms with Crippen LogP contribution in [0.4, 0.5) is 0 Å². The van der Waals surface area contributed by atoms with Gasteiger partial charge in [-0.2, -0.15) is 0 Å². The lowest BCUT2D eigenvalue weighted by molar-refractivity contribution is -0.145. The average molecular weight is 362 g/mol. The smallest absolute Gasteiger partial charge is 0.328 e. The zero-order valence-corrected chi connectivity index (χ0v) is 15.9. The van der Waals surface area contributed by atoms with E-state index in [4.69, 9.17) is 4.74 Å². The van der Waals surface area contributed by atoms with Crippen LogP contribution < -0.4 is 10.6 Å². The molecule has 0 aromatic heterocycles. The Bertz CT molecular complexity index is 574. The molecule has 0 aliphatic carbocycles. The predicted molar refractivity (Wildman–Crippen MR) is 100 cm³/mol. The number of esters is 1. The van der Waals surface area contributed by atoms with Crippen molar-refractivity contribution in [1.82, 2.24) is 10.6 Å². The first-order valence-corrected chi connectivity index (χ1v) is 9.17. The van der Waals surface area contributed by atoms with Crippen LogP contribution in [0.3, 0.4) is 0 Å². The lowest BCUT2D eigenvalue weighted by Crippen LogP contribution is -2.52. The normalized spacial score (nSPS) is 12.7. The van der Waals surface area contributed by atoms with Gasteiger partial charge >= 0.3 is 5.97 Å². The van der Waals surface area contributed by atoms with Crippen LogP contribution in [-0.2, 0) is 25.5 Å². The first-order chi connectivity index (χ1) is 12.5. The van der Waals surface area contributed by atoms with Gasteiger partial charge in [0, 0.05) is 13.3 Å². The first kappa shape index (κ1) is 21.7. The maximum absolute atomic E-state index is 12.7. The van der Waals surface area contributed by atoms with Crippen LogP contribution in [0, 0.1) is 0 Å². The summed E-state index contributed by atoms with van der Waals surface area (Å²) in [7, 11) is 1.31. The van der Waals surface area contributed by atoms with Crippen molar-refractivity contribution in [2.45, 2.75) is 64.5 Å². The number of rotatable bonds is 11. The predicted octanol–water partition coefficient (Wildman–Crippen LogP) is 2.36. The summed E-state index contributed by atoms with van der Waals surface area (Å²) >= 11 is 0. The van der Waals surface area contributed by atoms with E-state index in [-0.39, 0.29) is 11.8 Å². The Morgan fingerprint density at radius 1 is 1.00 bits per heavy atom. The third kappa shape index (κ3) is 8.14. The Kier molecular flexibility index (Phi) is 10.1. The van der Waals surface area contributed by atoms with Crippen LogP contribution in [0.25, 0.3) is 0 Å². The Labute approximate surface area is 155 Å². The molecule has 0 saturated carbocycles. The number of unbranched alkanes of at least 4 members (excludes halogenated alkanes) is 3. The number of nitrogens with one attached hydrogen (secondary N) is 2. The second-order valence-corrected chi connectivity index (χ2v) is 6.38. The van der Waals surface area contributed by atoms with Gasteiger partial charge in [0.15, 0.2) is 0 Å². The third-order valence-corrected chi connectivity index (χ3v) is 4.13. The topological polar surface area (TPSA) is 84.5 Å². The monoisotopic (exact) mass is 362 g/mol. The molecule has 0 fully saturated rings. The van der Waals surface area contributed by atoms with E-state index in [1.54, 1.807) is 0 Å². The van der Waals surface area contributed by atoms with E-state index in [1.165, 1.54) is 14.0 Å². The van der Waals surface area contributed by atoms with Crippen LogP contribution in [-0.4, -0.2) is 37.0 Å². The lowest BCUT2D eigenvalue weighted by atomic mass is 10.0. The third-order valence-electron chi connectivity index (χ3n) is 4.13. The summed E-state index contributed by atoms with van der Waals surface area (Å²) in [5, 5.41) is 5.41. The molecular weight excluding hydrogens is 332 g/mol. The van der Waals surface area contributed by atoms with Gasteiger partial charge in [0.2, 0.25) is 11.8 Å². The molecule has 1 aromatic rings. The summed E-state index contributed by atoms with van der Waals surface area (Å²) in [5.74, 6) is -1.13. The Hall–Kier alpha value is -2.37. The summed E-state index contributed by atoms with van der Waals surface area (Å²) in [6.07, 6.45) is 4.89. The van der Waals surface area contributed by atoms with Crippen molar-refractivity contribution < 1.29 is 19.1 Å². The molecule has 2 amide bonds. The standard InChI is InChI=1S/C20H30N2O4/c1-4-5-6-10-13-17(20(25)26-3)22-19(24)18(21-15(2)23)14-16-11-8-7-9-12-16/h7-9,11-12,17-18H,4-6,10,13-14H2,1-3H3,(H,21,23)(H,22,24)/t17-,18+/m1/s1. The van der Waals surface area contributed by atoms with Crippen molar-refractivity contribution in [2.24, 2.45) is 0 Å². The Morgan fingerprint density at radius 2 is 1.69 bits per heavy atom. The largest absolute Gasteiger partial charge is 0.467 e. The molecule has 0 aliphatic rings. The van der Waals surface area contributed by atoms with Crippen molar-refractivity contribution in [2.75, 3.05) is 7.11 Å². The van der Waals surface area contributed by atoms with E-state index < -0.39 is 18.1 Å². The molecule has 6 nitrogen and oxygen atoms in total. The molecule has 6 heteroatoms. The zero-order valence-electron chi connectivity index (χ0n) is 15.9. The van der Waals surface area contributed by atoms with Crippen molar-refractivity contribution in [3.8, 4) is 0 Å². The van der Waals surface area contributed by atoms with Gasteiger partial charge in [0.05, 0.1) is 7.11 Å². The molecule has 2 N–H and O–H groups in total. The molecule has 0 radical (unpaired) electrons. The quantitative estimate of drug-likeness (QED) is 0.467. The summed E-state index contributed by atoms with van der Waals surface area (Å²) < 4.78 is 4.81. The van der Waals surface area contributed by atoms with Crippen molar-refractivity contribution >= 4 is 17.8 Å². The Balaban J connectivity index is 2.75. The number of hydrogen-bond donors (Lipinski definition) is 2. The first-order valence-electron chi connectivity index (χ1n) is 9.17. The van der Waals surface area contributed by atoms with Crippen molar-refractivity contribution in [3.05, 3.63) is 35.9 Å². The van der Waals surface area contributed by atoms with Crippen LogP contribution in [0.1, 0.15) is 51.5 Å². The summed E-state index contributed by atoms with van der Waals surface area (Å²) in [6.45, 7) is 3.48. The number of hydrogen-bond acceptors (Lipinski definition) is 4. The highest BCUT2D eigenvalue weighted by molar-refractivity contribution is 5.90. The highest BCUT2D eigenvalue weighted by Crippen LogP contribution is 2.09. The molecule has 0 aliphatic heterocycles. The minimum atomic E-state index is -0.738. The highest BCUT2D eigenvalue weighted by Gasteiger charge is 2.26. The highest BCUT2D eigenvalue weighted by atomic mass is 16.5. The van der Waals surface area contributed by atoms with Crippen molar-refractivity contribution in [1.29, 1.82) is 0 Å². The van der Waals surface area contributed by atoms with Gasteiger partial charge in [0.25, 0.3) is 0 Å². The molecule has 0 bridgehead atoms. The fourth-order valence-electron chi connectivity index (χ4n) is 2.74. The number of carbonyl (C=O) groups is 3. The number of benzene rings is 1. The molecule has 1 rings (SSSR count). The maximum Gasteiger partial charge on any atom is 0.328 e. The summed E-state index contributed by atoms with van der Waals surface area (Å²) in [6, 6.07) is 8.00. The minimum absolute atomic E-state index is 0.293. The van der Waals surface area contributed by atoms with Gasteiger partial charge in [-0.05, 0) is 12.0 Å². The summed E-state index contributed by atoms with van der Waals surface area (Å²) in [5.41, 5.74) is 0.930. The van der Waals surface area contributed by atoms with E-state index in [1.807, 2.05) is 30.3 Å². The molecule has 0 unspecified atom stereocenters. The second-order valence-electron chi connectivity index (χ2n) is 6.38. The number of methoxy groups -OCH3 is 1. The molecule has 0 spiro atoms. The molecule has 0 heterocycles. The van der Waals surface area contributed by atoms with Crippen molar-refractivity contribution in [3.63, 3.8) is 0 Å². The van der Waals surface area contributed by atoms with E-state index in [0.717, 1.165) is 31.2 Å². The average Bonchev–Trinajstić information content (AvgIpc) is 2.63. The Morgan fingerprint density at radius 3 is 2.27 bits per heavy atom. The number of ether oxygens (including phenoxy) is 1. The summed E-state index contributed by atoms with van der Waals surface area (Å²) in [4.78, 5) is 36.1. The number of carbonyl (C=O) groups excluding carboxylic acids is 3. The molecule has 1 aromatic carbocycles. The molecule has 0 saturated heterocycles. The van der Waals surface area contributed by atoms with E-state index >= 15 is 0 Å². The van der Waals surface area contributed by atoms with E-state index in [2.05, 4.69) is 17.6 Å². The zero-order chi connectivity index (χ0) is 19.4. The SMILES string of the molecule is CCCCCC[C@@H](NC(=O)[C@H](Cc1ccccc1)NC(C)=O)C(=O)OC. The second kappa shape index (κ2) is 12.1. The molecule has 2 atom stereocenters. The van der Waals surface area contributed by atoms with Gasteiger partial charge in [-0.3, -0.25) is 9.59 Å². The molecular formula is C20H30N2O4. The van der Waals surface area contributed by atoms with Crippen LogP contribution in [0.2, 0.25) is 0 Å². The van der Waals surface area contributed by atoms with E-state index in [9.17, 15) is 14.4 Å². The molecule has 144 valence electrons. The van der Waals surface area contributed by atoms with Crippen LogP contribution >= 0.6 is 0 Å². The van der Waals surface area contributed by atoms with Gasteiger partial charge in [-0.25, -0.2) is 4.79 Å². The fraction of sp³-hybridized carbons (Fsp3) is 0.550. The minimum Gasteiger partial charge on any atom is -0.467 e. The van der Waals surface area contributed by atoms with Crippen LogP contribution in [0.15, 0.2) is 30.3 Å². The fourth-order valence-corrected chi connectivity index (χ4v) is 2.74. The van der Waals surface area contributed by atoms with Gasteiger partial charge in [0.1, 0.15) is 12.1 Å². The van der Waals surface area contributed by atoms with Gasteiger partial charge < -0.3 is 15.4 Å². The van der Waals surface area contributed by atoms with Crippen LogP contribution in [0.5, 0.6) is 0 Å². The molecule has 26 heavy (non-hydrogen) atoms.